The summed E-state index contributed by atoms with van der Waals surface area (Å²) in [6.07, 6.45) is -0.953. The highest BCUT2D eigenvalue weighted by molar-refractivity contribution is 5.81. The highest BCUT2D eigenvalue weighted by atomic mass is 16.4. The number of para-hydroxylation sites is 1. The molecule has 1 unspecified atom stereocenters. The third-order valence-electron chi connectivity index (χ3n) is 3.15. The number of carboxylic acids is 1. The van der Waals surface area contributed by atoms with Crippen LogP contribution in [0, 0.1) is 5.92 Å². The molecule has 1 aromatic rings. The molecule has 2 atom stereocenters. The number of amides is 1. The number of hydrogen-bond donors (Lipinski definition) is 4. The van der Waals surface area contributed by atoms with Crippen LogP contribution in [-0.2, 0) is 16.0 Å². The van der Waals surface area contributed by atoms with Gasteiger partial charge in [-0.3, -0.25) is 4.79 Å². The van der Waals surface area contributed by atoms with Crippen LogP contribution in [0.4, 0.5) is 5.69 Å². The predicted molar refractivity (Wildman–Crippen MR) is 68.8 cm³/mol. The second-order valence-electron chi connectivity index (χ2n) is 4.54. The lowest BCUT2D eigenvalue weighted by molar-refractivity contribution is -0.146. The maximum absolute atomic E-state index is 11.9. The van der Waals surface area contributed by atoms with Gasteiger partial charge in [-0.1, -0.05) is 18.2 Å². The smallest absolute Gasteiger partial charge is 0.334 e. The van der Waals surface area contributed by atoms with Crippen molar-refractivity contribution in [3.8, 4) is 0 Å². The number of aliphatic hydroxyl groups is 1. The van der Waals surface area contributed by atoms with Crippen molar-refractivity contribution >= 4 is 17.6 Å². The van der Waals surface area contributed by atoms with E-state index < -0.39 is 12.1 Å². The fourth-order valence-corrected chi connectivity index (χ4v) is 2.06. The van der Waals surface area contributed by atoms with Crippen LogP contribution >= 0.6 is 0 Å². The van der Waals surface area contributed by atoms with Crippen LogP contribution in [-0.4, -0.2) is 41.3 Å². The molecule has 1 aromatic carbocycles. The van der Waals surface area contributed by atoms with E-state index in [9.17, 15) is 9.59 Å². The molecule has 1 heterocycles. The molecular formula is C13H16N2O4. The Kier molecular flexibility index (Phi) is 4.01. The molecule has 1 amide bonds. The van der Waals surface area contributed by atoms with Crippen molar-refractivity contribution in [2.24, 2.45) is 5.92 Å². The van der Waals surface area contributed by atoms with Gasteiger partial charge >= 0.3 is 5.97 Å². The number of aliphatic hydroxyl groups excluding tert-OH is 1. The number of anilines is 1. The summed E-state index contributed by atoms with van der Waals surface area (Å²) in [4.78, 5) is 22.3. The van der Waals surface area contributed by atoms with Gasteiger partial charge in [-0.2, -0.15) is 0 Å². The largest absolute Gasteiger partial charge is 0.479 e. The van der Waals surface area contributed by atoms with Crippen molar-refractivity contribution in [1.82, 2.24) is 5.32 Å². The average molecular weight is 264 g/mol. The maximum Gasteiger partial charge on any atom is 0.334 e. The van der Waals surface area contributed by atoms with Crippen LogP contribution in [0.1, 0.15) is 5.56 Å². The van der Waals surface area contributed by atoms with Gasteiger partial charge in [0, 0.05) is 12.2 Å². The number of rotatable bonds is 4. The molecule has 0 spiro atoms. The van der Waals surface area contributed by atoms with E-state index in [2.05, 4.69) is 10.6 Å². The van der Waals surface area contributed by atoms with Crippen molar-refractivity contribution < 1.29 is 19.8 Å². The summed E-state index contributed by atoms with van der Waals surface area (Å²) in [7, 11) is 0. The molecule has 0 saturated heterocycles. The number of fused-ring (bicyclic) bond motifs is 1. The molecule has 0 fully saturated rings. The van der Waals surface area contributed by atoms with Crippen LogP contribution in [0.3, 0.4) is 0 Å². The van der Waals surface area contributed by atoms with Crippen molar-refractivity contribution in [3.63, 3.8) is 0 Å². The fourth-order valence-electron chi connectivity index (χ4n) is 2.06. The standard InChI is InChI=1S/C13H16N2O4/c16-11(13(18)19)7-15-12(17)9-5-8-3-1-2-4-10(8)14-6-9/h1-4,9,11,14,16H,5-7H2,(H,15,17)(H,18,19)/t9?,11-/m0/s1. The van der Waals surface area contributed by atoms with Crippen LogP contribution in [0.15, 0.2) is 24.3 Å². The topological polar surface area (TPSA) is 98.7 Å². The minimum absolute atomic E-state index is 0.248. The van der Waals surface area contributed by atoms with Crippen molar-refractivity contribution in [1.29, 1.82) is 0 Å². The molecule has 6 heteroatoms. The molecule has 102 valence electrons. The summed E-state index contributed by atoms with van der Waals surface area (Å²) < 4.78 is 0. The molecule has 0 aromatic heterocycles. The molecule has 0 radical (unpaired) electrons. The summed E-state index contributed by atoms with van der Waals surface area (Å²) >= 11 is 0. The fraction of sp³-hybridized carbons (Fsp3) is 0.385. The lowest BCUT2D eigenvalue weighted by Gasteiger charge is -2.25. The van der Waals surface area contributed by atoms with Crippen molar-refractivity contribution in [2.45, 2.75) is 12.5 Å². The molecule has 19 heavy (non-hydrogen) atoms. The maximum atomic E-state index is 11.9. The Hall–Kier alpha value is -2.08. The minimum atomic E-state index is -1.56. The second kappa shape index (κ2) is 5.71. The highest BCUT2D eigenvalue weighted by Gasteiger charge is 2.25. The van der Waals surface area contributed by atoms with E-state index in [1.807, 2.05) is 24.3 Å². The third-order valence-corrected chi connectivity index (χ3v) is 3.15. The van der Waals surface area contributed by atoms with E-state index in [0.717, 1.165) is 11.3 Å². The Labute approximate surface area is 110 Å². The zero-order chi connectivity index (χ0) is 13.8. The lowest BCUT2D eigenvalue weighted by atomic mass is 9.93. The van der Waals surface area contributed by atoms with E-state index >= 15 is 0 Å². The summed E-state index contributed by atoms with van der Waals surface area (Å²) in [5, 5.41) is 23.2. The number of hydrogen-bond acceptors (Lipinski definition) is 4. The highest BCUT2D eigenvalue weighted by Crippen LogP contribution is 2.24. The number of carbonyl (C=O) groups is 2. The Bertz CT molecular complexity index is 489. The molecule has 6 nitrogen and oxygen atoms in total. The summed E-state index contributed by atoms with van der Waals surface area (Å²) in [5.41, 5.74) is 2.09. The Morgan fingerprint density at radius 1 is 1.42 bits per heavy atom. The van der Waals surface area contributed by atoms with E-state index in [1.54, 1.807) is 0 Å². The summed E-state index contributed by atoms with van der Waals surface area (Å²) in [6, 6.07) is 7.75. The molecule has 4 N–H and O–H groups in total. The van der Waals surface area contributed by atoms with E-state index in [-0.39, 0.29) is 18.4 Å². The number of nitrogens with one attached hydrogen (secondary N) is 2. The summed E-state index contributed by atoms with van der Waals surface area (Å²) in [5.74, 6) is -1.84. The molecule has 1 aliphatic rings. The average Bonchev–Trinajstić information content (AvgIpc) is 2.43. The Balaban J connectivity index is 1.90. The molecule has 0 saturated carbocycles. The number of carbonyl (C=O) groups excluding carboxylic acids is 1. The first-order valence-corrected chi connectivity index (χ1v) is 6.08. The van der Waals surface area contributed by atoms with Crippen molar-refractivity contribution in [2.75, 3.05) is 18.4 Å². The third kappa shape index (κ3) is 3.23. The van der Waals surface area contributed by atoms with Gasteiger partial charge in [-0.05, 0) is 18.1 Å². The first-order valence-electron chi connectivity index (χ1n) is 6.08. The number of benzene rings is 1. The zero-order valence-electron chi connectivity index (χ0n) is 10.3. The van der Waals surface area contributed by atoms with Gasteiger partial charge in [0.05, 0.1) is 12.5 Å². The number of aliphatic carboxylic acids is 1. The zero-order valence-corrected chi connectivity index (χ0v) is 10.3. The van der Waals surface area contributed by atoms with Gasteiger partial charge in [0.15, 0.2) is 6.10 Å². The SMILES string of the molecule is O=C(NC[C@H](O)C(=O)O)C1CNc2ccccc2C1. The van der Waals surface area contributed by atoms with Gasteiger partial charge in [0.2, 0.25) is 5.91 Å². The van der Waals surface area contributed by atoms with Gasteiger partial charge in [0.25, 0.3) is 0 Å². The van der Waals surface area contributed by atoms with E-state index in [1.165, 1.54) is 0 Å². The van der Waals surface area contributed by atoms with Gasteiger partial charge in [-0.15, -0.1) is 0 Å². The first-order chi connectivity index (χ1) is 9.08. The molecule has 2 rings (SSSR count). The van der Waals surface area contributed by atoms with Crippen LogP contribution < -0.4 is 10.6 Å². The van der Waals surface area contributed by atoms with Crippen molar-refractivity contribution in [3.05, 3.63) is 29.8 Å². The minimum Gasteiger partial charge on any atom is -0.479 e. The van der Waals surface area contributed by atoms with E-state index in [0.29, 0.717) is 13.0 Å². The Morgan fingerprint density at radius 3 is 2.89 bits per heavy atom. The van der Waals surface area contributed by atoms with Gasteiger partial charge in [0.1, 0.15) is 0 Å². The molecule has 1 aliphatic heterocycles. The molecule has 0 bridgehead atoms. The normalized spacial score (nSPS) is 18.9. The summed E-state index contributed by atoms with van der Waals surface area (Å²) in [6.45, 7) is 0.234. The van der Waals surface area contributed by atoms with E-state index in [4.69, 9.17) is 10.2 Å². The predicted octanol–water partition coefficient (Wildman–Crippen LogP) is -0.167. The molecular weight excluding hydrogens is 248 g/mol. The molecule has 0 aliphatic carbocycles. The second-order valence-corrected chi connectivity index (χ2v) is 4.54. The first kappa shape index (κ1) is 13.4. The number of carboxylic acid groups (broad SMARTS) is 1. The van der Waals surface area contributed by atoms with Gasteiger partial charge < -0.3 is 20.8 Å². The van der Waals surface area contributed by atoms with Crippen LogP contribution in [0.5, 0.6) is 0 Å². The van der Waals surface area contributed by atoms with Crippen LogP contribution in [0.25, 0.3) is 0 Å². The van der Waals surface area contributed by atoms with Gasteiger partial charge in [-0.25, -0.2) is 4.79 Å². The quantitative estimate of drug-likeness (QED) is 0.605. The monoisotopic (exact) mass is 264 g/mol. The van der Waals surface area contributed by atoms with Crippen LogP contribution in [0.2, 0.25) is 0 Å². The lowest BCUT2D eigenvalue weighted by Crippen LogP contribution is -2.42. The Morgan fingerprint density at radius 2 is 2.16 bits per heavy atom.